The van der Waals surface area contributed by atoms with E-state index in [1.165, 1.54) is 0 Å². The molecule has 0 aliphatic rings. The highest BCUT2D eigenvalue weighted by molar-refractivity contribution is 6.84. The molecule has 1 unspecified atom stereocenters. The molecule has 136 valence electrons. The maximum absolute atomic E-state index is 11.4. The number of hydrogen-bond acceptors (Lipinski definition) is 5. The molecule has 9 heteroatoms. The average Bonchev–Trinajstić information content (AvgIpc) is 2.30. The minimum absolute atomic E-state index is 0.336. The summed E-state index contributed by atoms with van der Waals surface area (Å²) in [7, 11) is -6.84. The van der Waals surface area contributed by atoms with Crippen molar-refractivity contribution in [2.75, 3.05) is 6.61 Å². The van der Waals surface area contributed by atoms with Crippen LogP contribution in [-0.2, 0) is 21.9 Å². The zero-order valence-electron chi connectivity index (χ0n) is 16.0. The van der Waals surface area contributed by atoms with Gasteiger partial charge in [-0.1, -0.05) is 6.58 Å². The van der Waals surface area contributed by atoms with Gasteiger partial charge in [-0.25, -0.2) is 4.79 Å². The van der Waals surface area contributed by atoms with Crippen LogP contribution in [0, 0.1) is 0 Å². The summed E-state index contributed by atoms with van der Waals surface area (Å²) in [6.45, 7) is 20.5. The van der Waals surface area contributed by atoms with Crippen LogP contribution in [-0.4, -0.2) is 47.8 Å². The maximum Gasteiger partial charge on any atom is 0.333 e. The van der Waals surface area contributed by atoms with Crippen molar-refractivity contribution in [3.63, 3.8) is 0 Å². The number of carbonyl (C=O) groups excluding carboxylic acids is 1. The number of ether oxygens (including phenoxy) is 1. The summed E-state index contributed by atoms with van der Waals surface area (Å²) in [4.78, 5) is 11.4. The van der Waals surface area contributed by atoms with Gasteiger partial charge in [-0.2, -0.15) is 0 Å². The largest absolute Gasteiger partial charge is 0.462 e. The SMILES string of the molecule is C=C(C)C(=O)OCCC[Si](C)(O[SiH](C)C)O[Si](C)(C)O[SiH](C)C. The molecule has 0 radical (unpaired) electrons. The lowest BCUT2D eigenvalue weighted by molar-refractivity contribution is -0.138. The van der Waals surface area contributed by atoms with Gasteiger partial charge in [0.15, 0.2) is 18.1 Å². The average molecular weight is 395 g/mol. The summed E-state index contributed by atoms with van der Waals surface area (Å²) in [5.74, 6) is -0.336. The van der Waals surface area contributed by atoms with E-state index in [-0.39, 0.29) is 5.97 Å². The van der Waals surface area contributed by atoms with Gasteiger partial charge in [0, 0.05) is 5.57 Å². The fourth-order valence-electron chi connectivity index (χ4n) is 2.43. The molecule has 0 heterocycles. The molecule has 0 aliphatic carbocycles. The molecule has 0 aromatic heterocycles. The van der Waals surface area contributed by atoms with Crippen molar-refractivity contribution < 1.29 is 21.9 Å². The number of rotatable bonds is 11. The Morgan fingerprint density at radius 2 is 1.57 bits per heavy atom. The van der Waals surface area contributed by atoms with Gasteiger partial charge in [0.05, 0.1) is 6.61 Å². The van der Waals surface area contributed by atoms with Crippen LogP contribution in [0.15, 0.2) is 12.2 Å². The Morgan fingerprint density at radius 3 is 2.00 bits per heavy atom. The first-order chi connectivity index (χ1) is 10.4. The second kappa shape index (κ2) is 10.1. The molecule has 0 rings (SSSR count). The third-order valence-electron chi connectivity index (χ3n) is 2.82. The molecule has 0 fully saturated rings. The van der Waals surface area contributed by atoms with Gasteiger partial charge in [0.2, 0.25) is 0 Å². The lowest BCUT2D eigenvalue weighted by atomic mass is 10.4. The highest BCUT2D eigenvalue weighted by atomic mass is 28.5. The topological polar surface area (TPSA) is 54.0 Å². The Kier molecular flexibility index (Phi) is 10.0. The van der Waals surface area contributed by atoms with Gasteiger partial charge in [-0.3, -0.25) is 0 Å². The number of hydrogen-bond donors (Lipinski definition) is 0. The van der Waals surface area contributed by atoms with Gasteiger partial charge in [0.1, 0.15) is 0 Å². The predicted molar refractivity (Wildman–Crippen MR) is 105 cm³/mol. The highest BCUT2D eigenvalue weighted by Crippen LogP contribution is 2.23. The highest BCUT2D eigenvalue weighted by Gasteiger charge is 2.40. The van der Waals surface area contributed by atoms with E-state index in [2.05, 4.69) is 52.4 Å². The quantitative estimate of drug-likeness (QED) is 0.233. The second-order valence-corrected chi connectivity index (χ2v) is 19.5. The van der Waals surface area contributed by atoms with E-state index >= 15 is 0 Å². The first-order valence-corrected chi connectivity index (χ1v) is 19.2. The van der Waals surface area contributed by atoms with E-state index < -0.39 is 35.2 Å². The minimum Gasteiger partial charge on any atom is -0.462 e. The minimum atomic E-state index is -2.31. The van der Waals surface area contributed by atoms with Crippen LogP contribution in [0.1, 0.15) is 13.3 Å². The van der Waals surface area contributed by atoms with Crippen LogP contribution in [0.25, 0.3) is 0 Å². The summed E-state index contributed by atoms with van der Waals surface area (Å²) < 4.78 is 24.0. The van der Waals surface area contributed by atoms with Crippen molar-refractivity contribution in [2.45, 2.75) is 65.2 Å². The first-order valence-electron chi connectivity index (χ1n) is 8.25. The van der Waals surface area contributed by atoms with Crippen LogP contribution in [0.2, 0.25) is 51.9 Å². The fraction of sp³-hybridized carbons (Fsp3) is 0.786. The molecule has 0 aromatic rings. The van der Waals surface area contributed by atoms with E-state index in [0.29, 0.717) is 12.2 Å². The number of esters is 1. The standard InChI is InChI=1S/C14H34O5Si4/c1-13(2)14(15)16-11-10-12-23(9,18-21(5)6)19-22(7,8)17-20(3)4/h20-21H,1,10-12H2,2-9H3. The molecule has 0 amide bonds. The Bertz CT molecular complexity index is 401. The number of carbonyl (C=O) groups is 1. The van der Waals surface area contributed by atoms with Crippen molar-refractivity contribution in [1.82, 2.24) is 0 Å². The molecule has 1 atom stereocenters. The van der Waals surface area contributed by atoms with E-state index in [1.807, 2.05) is 0 Å². The maximum atomic E-state index is 11.4. The molecule has 0 bridgehead atoms. The first kappa shape index (κ1) is 23.0. The Labute approximate surface area is 147 Å². The Morgan fingerprint density at radius 1 is 1.04 bits per heavy atom. The zero-order valence-corrected chi connectivity index (χ0v) is 20.3. The fourth-order valence-corrected chi connectivity index (χ4v) is 18.0. The molecule has 0 spiro atoms. The van der Waals surface area contributed by atoms with Crippen LogP contribution in [0.4, 0.5) is 0 Å². The smallest absolute Gasteiger partial charge is 0.333 e. The molecule has 0 N–H and O–H groups in total. The van der Waals surface area contributed by atoms with Crippen molar-refractivity contribution in [3.8, 4) is 0 Å². The summed E-state index contributed by atoms with van der Waals surface area (Å²) in [5.41, 5.74) is 0.427. The van der Waals surface area contributed by atoms with Crippen LogP contribution in [0.3, 0.4) is 0 Å². The third kappa shape index (κ3) is 11.2. The summed E-state index contributed by atoms with van der Waals surface area (Å²) >= 11 is 0. The summed E-state index contributed by atoms with van der Waals surface area (Å²) in [6.07, 6.45) is 0.743. The molecule has 0 aromatic carbocycles. The van der Waals surface area contributed by atoms with Gasteiger partial charge in [-0.05, 0) is 65.2 Å². The lowest BCUT2D eigenvalue weighted by Crippen LogP contribution is -2.53. The molecule has 0 saturated carbocycles. The zero-order chi connectivity index (χ0) is 18.3. The van der Waals surface area contributed by atoms with Gasteiger partial charge in [0.25, 0.3) is 0 Å². The van der Waals surface area contributed by atoms with Crippen molar-refractivity contribution in [1.29, 1.82) is 0 Å². The normalized spacial score (nSPS) is 14.9. The van der Waals surface area contributed by atoms with Crippen LogP contribution < -0.4 is 0 Å². The van der Waals surface area contributed by atoms with E-state index in [4.69, 9.17) is 17.1 Å². The summed E-state index contributed by atoms with van der Waals surface area (Å²) in [5, 5.41) is 0. The molecular weight excluding hydrogens is 360 g/mol. The third-order valence-corrected chi connectivity index (χ3v) is 15.8. The van der Waals surface area contributed by atoms with E-state index in [1.54, 1.807) is 6.92 Å². The molecule has 5 nitrogen and oxygen atoms in total. The lowest BCUT2D eigenvalue weighted by Gasteiger charge is -2.37. The molecular formula is C14H34O5Si4. The Hall–Kier alpha value is -0.0425. The van der Waals surface area contributed by atoms with Gasteiger partial charge in [-0.15, -0.1) is 0 Å². The molecule has 23 heavy (non-hydrogen) atoms. The van der Waals surface area contributed by atoms with Gasteiger partial charge >= 0.3 is 23.1 Å². The van der Waals surface area contributed by atoms with E-state index in [9.17, 15) is 4.79 Å². The second-order valence-electron chi connectivity index (χ2n) is 6.99. The van der Waals surface area contributed by atoms with Crippen LogP contribution in [0.5, 0.6) is 0 Å². The predicted octanol–water partition coefficient (Wildman–Crippen LogP) is 3.29. The summed E-state index contributed by atoms with van der Waals surface area (Å²) in [6, 6.07) is 0.807. The van der Waals surface area contributed by atoms with Gasteiger partial charge < -0.3 is 17.1 Å². The van der Waals surface area contributed by atoms with Crippen LogP contribution >= 0.6 is 0 Å². The molecule has 0 aliphatic heterocycles. The molecule has 0 saturated heterocycles. The monoisotopic (exact) mass is 394 g/mol. The Balaban J connectivity index is 4.65. The van der Waals surface area contributed by atoms with Crippen molar-refractivity contribution in [3.05, 3.63) is 12.2 Å². The van der Waals surface area contributed by atoms with E-state index in [0.717, 1.165) is 12.5 Å². The van der Waals surface area contributed by atoms with Crippen molar-refractivity contribution in [2.24, 2.45) is 0 Å². The van der Waals surface area contributed by atoms with Crippen molar-refractivity contribution >= 4 is 41.2 Å².